The Bertz CT molecular complexity index is 332. The highest BCUT2D eigenvalue weighted by atomic mass is 19.1. The SMILES string of the molecule is CCC(N)=Nc1cc(C)ccc1F. The molecule has 0 aromatic heterocycles. The van der Waals surface area contributed by atoms with Crippen molar-refractivity contribution in [2.24, 2.45) is 10.7 Å². The lowest BCUT2D eigenvalue weighted by Crippen LogP contribution is -2.08. The van der Waals surface area contributed by atoms with E-state index in [1.165, 1.54) is 6.07 Å². The van der Waals surface area contributed by atoms with Crippen LogP contribution in [0.25, 0.3) is 0 Å². The molecule has 0 amide bonds. The molecule has 0 aliphatic rings. The van der Waals surface area contributed by atoms with Crippen LogP contribution in [0.4, 0.5) is 10.1 Å². The number of aliphatic imine (C=N–C) groups is 1. The van der Waals surface area contributed by atoms with E-state index in [1.54, 1.807) is 12.1 Å². The highest BCUT2D eigenvalue weighted by molar-refractivity contribution is 5.82. The van der Waals surface area contributed by atoms with Gasteiger partial charge in [-0.15, -0.1) is 0 Å². The van der Waals surface area contributed by atoms with E-state index in [4.69, 9.17) is 5.73 Å². The first-order valence-electron chi connectivity index (χ1n) is 4.22. The summed E-state index contributed by atoms with van der Waals surface area (Å²) in [7, 11) is 0. The van der Waals surface area contributed by atoms with Crippen LogP contribution in [0.15, 0.2) is 23.2 Å². The van der Waals surface area contributed by atoms with Gasteiger partial charge in [0.15, 0.2) is 0 Å². The Kier molecular flexibility index (Phi) is 3.01. The van der Waals surface area contributed by atoms with Crippen LogP contribution in [-0.2, 0) is 0 Å². The minimum Gasteiger partial charge on any atom is -0.387 e. The standard InChI is InChI=1S/C10H13FN2/c1-3-10(12)13-9-6-7(2)4-5-8(9)11/h4-6H,3H2,1-2H3,(H2,12,13). The molecule has 0 heterocycles. The van der Waals surface area contributed by atoms with Gasteiger partial charge in [0.05, 0.1) is 5.84 Å². The minimum absolute atomic E-state index is 0.319. The Labute approximate surface area is 77.3 Å². The zero-order valence-corrected chi connectivity index (χ0v) is 7.84. The van der Waals surface area contributed by atoms with E-state index in [1.807, 2.05) is 13.8 Å². The Morgan fingerprint density at radius 3 is 2.85 bits per heavy atom. The molecule has 0 radical (unpaired) electrons. The molecule has 2 N–H and O–H groups in total. The van der Waals surface area contributed by atoms with Crippen molar-refractivity contribution < 1.29 is 4.39 Å². The van der Waals surface area contributed by atoms with Gasteiger partial charge in [-0.3, -0.25) is 0 Å². The molecule has 3 heteroatoms. The van der Waals surface area contributed by atoms with Gasteiger partial charge >= 0.3 is 0 Å². The topological polar surface area (TPSA) is 38.4 Å². The summed E-state index contributed by atoms with van der Waals surface area (Å²) in [5, 5.41) is 0. The molecular weight excluding hydrogens is 167 g/mol. The molecule has 0 fully saturated rings. The number of benzene rings is 1. The molecule has 1 aromatic carbocycles. The smallest absolute Gasteiger partial charge is 0.148 e. The van der Waals surface area contributed by atoms with Gasteiger partial charge in [0, 0.05) is 6.42 Å². The Hall–Kier alpha value is -1.38. The summed E-state index contributed by atoms with van der Waals surface area (Å²) >= 11 is 0. The zero-order chi connectivity index (χ0) is 9.84. The van der Waals surface area contributed by atoms with Gasteiger partial charge in [-0.2, -0.15) is 0 Å². The summed E-state index contributed by atoms with van der Waals surface area (Å²) in [6, 6.07) is 4.78. The maximum Gasteiger partial charge on any atom is 0.148 e. The normalized spacial score (nSPS) is 11.8. The fourth-order valence-corrected chi connectivity index (χ4v) is 0.942. The van der Waals surface area contributed by atoms with Crippen LogP contribution in [-0.4, -0.2) is 5.84 Å². The molecule has 0 saturated carbocycles. The number of aryl methyl sites for hydroxylation is 1. The fourth-order valence-electron chi connectivity index (χ4n) is 0.942. The van der Waals surface area contributed by atoms with Gasteiger partial charge < -0.3 is 5.73 Å². The molecule has 0 unspecified atom stereocenters. The quantitative estimate of drug-likeness (QED) is 0.551. The second kappa shape index (κ2) is 4.03. The molecule has 2 nitrogen and oxygen atoms in total. The average molecular weight is 180 g/mol. The van der Waals surface area contributed by atoms with Crippen LogP contribution >= 0.6 is 0 Å². The molecule has 1 rings (SSSR count). The zero-order valence-electron chi connectivity index (χ0n) is 7.84. The fraction of sp³-hybridized carbons (Fsp3) is 0.300. The van der Waals surface area contributed by atoms with E-state index >= 15 is 0 Å². The lowest BCUT2D eigenvalue weighted by Gasteiger charge is -2.00. The molecule has 0 saturated heterocycles. The number of nitrogens with two attached hydrogens (primary N) is 1. The first-order valence-corrected chi connectivity index (χ1v) is 4.22. The van der Waals surface area contributed by atoms with Gasteiger partial charge in [-0.1, -0.05) is 13.0 Å². The summed E-state index contributed by atoms with van der Waals surface area (Å²) in [4.78, 5) is 3.96. The van der Waals surface area contributed by atoms with E-state index < -0.39 is 0 Å². The highest BCUT2D eigenvalue weighted by Crippen LogP contribution is 2.18. The summed E-state index contributed by atoms with van der Waals surface area (Å²) in [5.74, 6) is 0.117. The van der Waals surface area contributed by atoms with Crippen LogP contribution in [0, 0.1) is 12.7 Å². The second-order valence-electron chi connectivity index (χ2n) is 2.91. The minimum atomic E-state index is -0.331. The van der Waals surface area contributed by atoms with Crippen LogP contribution in [0.3, 0.4) is 0 Å². The summed E-state index contributed by atoms with van der Waals surface area (Å²) in [6.07, 6.45) is 0.632. The molecular formula is C10H13FN2. The molecule has 0 atom stereocenters. The van der Waals surface area contributed by atoms with Gasteiger partial charge in [0.25, 0.3) is 0 Å². The molecule has 70 valence electrons. The van der Waals surface area contributed by atoms with Gasteiger partial charge in [-0.05, 0) is 24.6 Å². The number of halogens is 1. The van der Waals surface area contributed by atoms with Gasteiger partial charge in [0.2, 0.25) is 0 Å². The van der Waals surface area contributed by atoms with Crippen molar-refractivity contribution in [1.82, 2.24) is 0 Å². The lowest BCUT2D eigenvalue weighted by atomic mass is 10.2. The Balaban J connectivity index is 3.07. The van der Waals surface area contributed by atoms with Crippen molar-refractivity contribution in [1.29, 1.82) is 0 Å². The van der Waals surface area contributed by atoms with Crippen LogP contribution in [0.1, 0.15) is 18.9 Å². The molecule has 13 heavy (non-hydrogen) atoms. The van der Waals surface area contributed by atoms with E-state index in [-0.39, 0.29) is 5.82 Å². The van der Waals surface area contributed by atoms with Crippen molar-refractivity contribution in [3.8, 4) is 0 Å². The van der Waals surface area contributed by atoms with Crippen molar-refractivity contribution in [2.75, 3.05) is 0 Å². The van der Waals surface area contributed by atoms with E-state index in [0.717, 1.165) is 5.56 Å². The highest BCUT2D eigenvalue weighted by Gasteiger charge is 2.00. The predicted molar refractivity (Wildman–Crippen MR) is 52.7 cm³/mol. The summed E-state index contributed by atoms with van der Waals surface area (Å²) in [5.41, 5.74) is 6.80. The maximum atomic E-state index is 13.1. The molecule has 0 bridgehead atoms. The van der Waals surface area contributed by atoms with Gasteiger partial charge in [0.1, 0.15) is 11.5 Å². The monoisotopic (exact) mass is 180 g/mol. The van der Waals surface area contributed by atoms with Crippen molar-refractivity contribution in [3.05, 3.63) is 29.6 Å². The molecule has 0 spiro atoms. The van der Waals surface area contributed by atoms with Crippen LogP contribution in [0.2, 0.25) is 0 Å². The van der Waals surface area contributed by atoms with Crippen molar-refractivity contribution >= 4 is 11.5 Å². The summed E-state index contributed by atoms with van der Waals surface area (Å²) < 4.78 is 13.1. The maximum absolute atomic E-state index is 13.1. The first-order chi connectivity index (χ1) is 6.13. The van der Waals surface area contributed by atoms with Crippen LogP contribution < -0.4 is 5.73 Å². The van der Waals surface area contributed by atoms with Crippen LogP contribution in [0.5, 0.6) is 0 Å². The second-order valence-corrected chi connectivity index (χ2v) is 2.91. The van der Waals surface area contributed by atoms with E-state index in [9.17, 15) is 4.39 Å². The van der Waals surface area contributed by atoms with Gasteiger partial charge in [-0.25, -0.2) is 9.38 Å². The summed E-state index contributed by atoms with van der Waals surface area (Å²) in [6.45, 7) is 3.77. The third kappa shape index (κ3) is 2.54. The predicted octanol–water partition coefficient (Wildman–Crippen LogP) is 2.53. The van der Waals surface area contributed by atoms with E-state index in [0.29, 0.717) is 17.9 Å². The molecule has 0 aliphatic heterocycles. The Morgan fingerprint density at radius 2 is 2.23 bits per heavy atom. The van der Waals surface area contributed by atoms with Crippen molar-refractivity contribution in [3.63, 3.8) is 0 Å². The number of rotatable bonds is 2. The number of amidine groups is 1. The Morgan fingerprint density at radius 1 is 1.54 bits per heavy atom. The largest absolute Gasteiger partial charge is 0.387 e. The third-order valence-electron chi connectivity index (χ3n) is 1.73. The lowest BCUT2D eigenvalue weighted by molar-refractivity contribution is 0.629. The first kappa shape index (κ1) is 9.71. The number of hydrogen-bond acceptors (Lipinski definition) is 1. The molecule has 1 aromatic rings. The number of nitrogens with zero attached hydrogens (tertiary/aromatic N) is 1. The van der Waals surface area contributed by atoms with Crippen molar-refractivity contribution in [2.45, 2.75) is 20.3 Å². The average Bonchev–Trinajstić information content (AvgIpc) is 2.11. The third-order valence-corrected chi connectivity index (χ3v) is 1.73. The molecule has 0 aliphatic carbocycles. The van der Waals surface area contributed by atoms with E-state index in [2.05, 4.69) is 4.99 Å². The number of hydrogen-bond donors (Lipinski definition) is 1.